The maximum absolute atomic E-state index is 11.6. The van der Waals surface area contributed by atoms with E-state index < -0.39 is 11.7 Å². The summed E-state index contributed by atoms with van der Waals surface area (Å²) in [6, 6.07) is 10.8. The second-order valence-corrected chi connectivity index (χ2v) is 4.81. The lowest BCUT2D eigenvalue weighted by atomic mass is 10.1. The fourth-order valence-corrected chi connectivity index (χ4v) is 2.46. The molecule has 2 N–H and O–H groups in total. The Morgan fingerprint density at radius 3 is 2.65 bits per heavy atom. The van der Waals surface area contributed by atoms with Gasteiger partial charge in [0.15, 0.2) is 0 Å². The number of hydrogen-bond donors (Lipinski definition) is 2. The van der Waals surface area contributed by atoms with Crippen LogP contribution in [0.2, 0.25) is 0 Å². The minimum absolute atomic E-state index is 0.0732. The van der Waals surface area contributed by atoms with Crippen molar-refractivity contribution in [2.75, 3.05) is 0 Å². The maximum atomic E-state index is 11.6. The predicted molar refractivity (Wildman–Crippen MR) is 74.1 cm³/mol. The Morgan fingerprint density at radius 1 is 1.35 bits per heavy atom. The van der Waals surface area contributed by atoms with E-state index in [0.717, 1.165) is 5.56 Å². The molecule has 104 valence electrons. The summed E-state index contributed by atoms with van der Waals surface area (Å²) in [7, 11) is 0. The lowest BCUT2D eigenvalue weighted by molar-refractivity contribution is -0.177. The van der Waals surface area contributed by atoms with Gasteiger partial charge in [-0.1, -0.05) is 30.3 Å². The second kappa shape index (κ2) is 6.31. The first-order valence-electron chi connectivity index (χ1n) is 5.84. The Hall–Kier alpha value is -2.18. The number of carboxylic acids is 1. The number of aliphatic carboxylic acids is 1. The first kappa shape index (κ1) is 14.2. The predicted octanol–water partition coefficient (Wildman–Crippen LogP) is 1.95. The quantitative estimate of drug-likeness (QED) is 0.604. The third-order valence-electron chi connectivity index (χ3n) is 2.79. The van der Waals surface area contributed by atoms with Crippen molar-refractivity contribution in [3.8, 4) is 0 Å². The minimum atomic E-state index is -1.86. The molecule has 0 saturated heterocycles. The Kier molecular flexibility index (Phi) is 4.49. The van der Waals surface area contributed by atoms with Crippen LogP contribution < -0.4 is 5.32 Å². The van der Waals surface area contributed by atoms with Crippen LogP contribution in [0, 0.1) is 0 Å². The second-order valence-electron chi connectivity index (χ2n) is 4.03. The van der Waals surface area contributed by atoms with Crippen molar-refractivity contribution in [2.24, 2.45) is 0 Å². The van der Waals surface area contributed by atoms with Crippen LogP contribution in [0.5, 0.6) is 0 Å². The molecular weight excluding hydrogens is 278 g/mol. The number of benzene rings is 1. The number of rotatable bonds is 7. The van der Waals surface area contributed by atoms with E-state index in [1.54, 1.807) is 16.8 Å². The Labute approximate surface area is 119 Å². The molecule has 1 aromatic heterocycles. The van der Waals surface area contributed by atoms with Crippen LogP contribution in [0.15, 0.2) is 47.2 Å². The maximum Gasteiger partial charge on any atom is 0.362 e. The topological polar surface area (TPSA) is 75.6 Å². The van der Waals surface area contributed by atoms with E-state index in [-0.39, 0.29) is 6.61 Å². The van der Waals surface area contributed by atoms with Crippen LogP contribution >= 0.6 is 11.3 Å². The molecule has 0 aliphatic carbocycles. The summed E-state index contributed by atoms with van der Waals surface area (Å²) >= 11 is 1.33. The van der Waals surface area contributed by atoms with Gasteiger partial charge in [-0.2, -0.15) is 11.3 Å². The third kappa shape index (κ3) is 2.87. The molecular formula is C14H13NO4S. The molecule has 0 radical (unpaired) electrons. The zero-order valence-electron chi connectivity index (χ0n) is 10.5. The first-order chi connectivity index (χ1) is 9.69. The van der Waals surface area contributed by atoms with E-state index in [0.29, 0.717) is 12.0 Å². The van der Waals surface area contributed by atoms with Gasteiger partial charge in [-0.15, -0.1) is 0 Å². The van der Waals surface area contributed by atoms with E-state index in [1.165, 1.54) is 11.3 Å². The van der Waals surface area contributed by atoms with Gasteiger partial charge in [-0.3, -0.25) is 4.79 Å². The monoisotopic (exact) mass is 291 g/mol. The molecule has 0 aliphatic heterocycles. The number of thiophene rings is 1. The van der Waals surface area contributed by atoms with Crippen LogP contribution in [0.25, 0.3) is 0 Å². The van der Waals surface area contributed by atoms with Gasteiger partial charge in [0.05, 0.1) is 6.61 Å². The molecule has 1 amide bonds. The summed E-state index contributed by atoms with van der Waals surface area (Å²) in [5.41, 5.74) is -0.656. The van der Waals surface area contributed by atoms with E-state index in [4.69, 9.17) is 4.74 Å². The van der Waals surface area contributed by atoms with E-state index in [2.05, 4.69) is 5.32 Å². The Bertz CT molecular complexity index is 570. The number of amides is 1. The average Bonchev–Trinajstić information content (AvgIpc) is 2.99. The van der Waals surface area contributed by atoms with Crippen molar-refractivity contribution in [1.29, 1.82) is 0 Å². The fraction of sp³-hybridized carbons (Fsp3) is 0.143. The van der Waals surface area contributed by atoms with Gasteiger partial charge in [0.1, 0.15) is 0 Å². The standard InChI is InChI=1S/C14H13NO4S/c16-10-15-14(13(17)18,12-6-7-20-9-12)19-8-11-4-2-1-3-5-11/h1-7,9-10H,8H2,(H,15,16)(H,17,18). The number of nitrogens with one attached hydrogen (secondary N) is 1. The molecule has 2 rings (SSSR count). The minimum Gasteiger partial charge on any atom is -0.477 e. The number of ether oxygens (including phenoxy) is 1. The smallest absolute Gasteiger partial charge is 0.362 e. The summed E-state index contributed by atoms with van der Waals surface area (Å²) in [4.78, 5) is 22.4. The van der Waals surface area contributed by atoms with Crippen LogP contribution in [0.1, 0.15) is 11.1 Å². The van der Waals surface area contributed by atoms with Gasteiger partial charge in [-0.25, -0.2) is 4.79 Å². The first-order valence-corrected chi connectivity index (χ1v) is 6.78. The number of carbonyl (C=O) groups excluding carboxylic acids is 1. The van der Waals surface area contributed by atoms with Gasteiger partial charge in [-0.05, 0) is 22.4 Å². The van der Waals surface area contributed by atoms with Crippen molar-refractivity contribution in [2.45, 2.75) is 12.3 Å². The molecule has 1 heterocycles. The van der Waals surface area contributed by atoms with Crippen LogP contribution in [0.4, 0.5) is 0 Å². The largest absolute Gasteiger partial charge is 0.477 e. The third-order valence-corrected chi connectivity index (χ3v) is 3.47. The molecule has 1 atom stereocenters. The van der Waals surface area contributed by atoms with Crippen LogP contribution in [0.3, 0.4) is 0 Å². The molecule has 0 saturated carbocycles. The summed E-state index contributed by atoms with van der Waals surface area (Å²) in [6.45, 7) is 0.0732. The SMILES string of the molecule is O=CNC(OCc1ccccc1)(C(=O)O)c1ccsc1. The van der Waals surface area contributed by atoms with Gasteiger partial charge in [0.2, 0.25) is 6.41 Å². The lowest BCUT2D eigenvalue weighted by Crippen LogP contribution is -2.50. The van der Waals surface area contributed by atoms with E-state index in [1.807, 2.05) is 30.3 Å². The highest BCUT2D eigenvalue weighted by Crippen LogP contribution is 2.26. The van der Waals surface area contributed by atoms with Crippen LogP contribution in [-0.4, -0.2) is 17.5 Å². The molecule has 6 heteroatoms. The van der Waals surface area contributed by atoms with E-state index >= 15 is 0 Å². The number of hydrogen-bond acceptors (Lipinski definition) is 4. The Morgan fingerprint density at radius 2 is 2.10 bits per heavy atom. The number of carbonyl (C=O) groups is 2. The van der Waals surface area contributed by atoms with Gasteiger partial charge >= 0.3 is 5.97 Å². The summed E-state index contributed by atoms with van der Waals surface area (Å²) < 4.78 is 5.53. The van der Waals surface area contributed by atoms with Crippen molar-refractivity contribution in [1.82, 2.24) is 5.32 Å². The normalized spacial score (nSPS) is 13.4. The number of carboxylic acid groups (broad SMARTS) is 1. The van der Waals surface area contributed by atoms with Crippen molar-refractivity contribution < 1.29 is 19.4 Å². The summed E-state index contributed by atoms with van der Waals surface area (Å²) in [6.07, 6.45) is 0.330. The van der Waals surface area contributed by atoms with Gasteiger partial charge in [0.25, 0.3) is 5.72 Å². The summed E-state index contributed by atoms with van der Waals surface area (Å²) in [5.74, 6) is -1.26. The zero-order valence-corrected chi connectivity index (χ0v) is 11.3. The molecule has 0 fully saturated rings. The highest BCUT2D eigenvalue weighted by Gasteiger charge is 2.42. The molecule has 5 nitrogen and oxygen atoms in total. The van der Waals surface area contributed by atoms with Gasteiger partial charge in [0, 0.05) is 5.56 Å². The Balaban J connectivity index is 2.27. The lowest BCUT2D eigenvalue weighted by Gasteiger charge is -2.28. The molecule has 0 spiro atoms. The molecule has 1 unspecified atom stereocenters. The molecule has 0 aliphatic rings. The van der Waals surface area contributed by atoms with Crippen LogP contribution in [-0.2, 0) is 26.7 Å². The molecule has 20 heavy (non-hydrogen) atoms. The molecule has 2 aromatic rings. The highest BCUT2D eigenvalue weighted by atomic mass is 32.1. The molecule has 0 bridgehead atoms. The highest BCUT2D eigenvalue weighted by molar-refractivity contribution is 7.08. The zero-order chi connectivity index (χ0) is 14.4. The fourth-order valence-electron chi connectivity index (χ4n) is 1.77. The van der Waals surface area contributed by atoms with E-state index in [9.17, 15) is 14.7 Å². The van der Waals surface area contributed by atoms with Crippen molar-refractivity contribution in [3.63, 3.8) is 0 Å². The van der Waals surface area contributed by atoms with Crippen molar-refractivity contribution in [3.05, 3.63) is 58.3 Å². The van der Waals surface area contributed by atoms with Crippen molar-refractivity contribution >= 4 is 23.7 Å². The average molecular weight is 291 g/mol. The van der Waals surface area contributed by atoms with Gasteiger partial charge < -0.3 is 15.2 Å². The summed E-state index contributed by atoms with van der Waals surface area (Å²) in [5, 5.41) is 15.1. The molecule has 1 aromatic carbocycles.